The molecule has 3 aliphatic heterocycles. The van der Waals surface area contributed by atoms with Crippen LogP contribution >= 0.6 is 0 Å². The standard InChI is InChI=1S/C28H40FN3O4/c1-6-32-23-16-22(31-11-13-34-14-12-31)20(29)15-21(23)30-25-24(17(2)35-26(25)32)27(33)36-19-9-7-18(8-10-19)28(3,4)5/h15-16,18-19,25-26,30H,6-14H2,1-5H3. The van der Waals surface area contributed by atoms with Gasteiger partial charge in [0.15, 0.2) is 6.23 Å². The monoisotopic (exact) mass is 501 g/mol. The fourth-order valence-corrected chi connectivity index (χ4v) is 6.20. The first-order valence-electron chi connectivity index (χ1n) is 13.4. The minimum Gasteiger partial charge on any atom is -0.472 e. The summed E-state index contributed by atoms with van der Waals surface area (Å²) in [4.78, 5) is 17.5. The maximum Gasteiger partial charge on any atom is 0.340 e. The van der Waals surface area contributed by atoms with E-state index in [1.807, 2.05) is 24.8 Å². The van der Waals surface area contributed by atoms with Gasteiger partial charge in [-0.25, -0.2) is 9.18 Å². The smallest absolute Gasteiger partial charge is 0.340 e. The predicted molar refractivity (Wildman–Crippen MR) is 139 cm³/mol. The second-order valence-electron chi connectivity index (χ2n) is 11.6. The summed E-state index contributed by atoms with van der Waals surface area (Å²) in [6.07, 6.45) is 3.47. The van der Waals surface area contributed by atoms with Gasteiger partial charge >= 0.3 is 5.97 Å². The summed E-state index contributed by atoms with van der Waals surface area (Å²) in [5, 5.41) is 3.41. The van der Waals surface area contributed by atoms with Crippen molar-refractivity contribution in [3.63, 3.8) is 0 Å². The fourth-order valence-electron chi connectivity index (χ4n) is 6.20. The van der Waals surface area contributed by atoms with E-state index in [-0.39, 0.29) is 29.5 Å². The third-order valence-electron chi connectivity index (χ3n) is 8.35. The van der Waals surface area contributed by atoms with Crippen LogP contribution in [0.25, 0.3) is 0 Å². The van der Waals surface area contributed by atoms with Crippen molar-refractivity contribution in [3.05, 3.63) is 29.3 Å². The van der Waals surface area contributed by atoms with E-state index >= 15 is 4.39 Å². The molecule has 0 spiro atoms. The minimum absolute atomic E-state index is 0.0675. The number of rotatable bonds is 4. The Labute approximate surface area is 213 Å². The van der Waals surface area contributed by atoms with Crippen LogP contribution in [0, 0.1) is 17.2 Å². The van der Waals surface area contributed by atoms with Crippen LogP contribution in [0.5, 0.6) is 0 Å². The normalized spacial score (nSPS) is 28.3. The molecule has 2 fully saturated rings. The number of hydrogen-bond acceptors (Lipinski definition) is 7. The first-order chi connectivity index (χ1) is 17.2. The molecule has 198 valence electrons. The third kappa shape index (κ3) is 4.64. The molecule has 1 aromatic carbocycles. The molecule has 3 heterocycles. The highest BCUT2D eigenvalue weighted by Crippen LogP contribution is 2.44. The van der Waals surface area contributed by atoms with Crippen LogP contribution in [-0.4, -0.2) is 57.2 Å². The van der Waals surface area contributed by atoms with Crippen LogP contribution in [0.1, 0.15) is 60.3 Å². The Kier molecular flexibility index (Phi) is 6.83. The number of hydrogen-bond donors (Lipinski definition) is 1. The first kappa shape index (κ1) is 25.2. The predicted octanol–water partition coefficient (Wildman–Crippen LogP) is 5.06. The Hall–Kier alpha value is -2.48. The van der Waals surface area contributed by atoms with Gasteiger partial charge < -0.3 is 29.3 Å². The van der Waals surface area contributed by atoms with Crippen molar-refractivity contribution < 1.29 is 23.4 Å². The summed E-state index contributed by atoms with van der Waals surface area (Å²) in [6, 6.07) is 3.03. The molecule has 1 N–H and O–H groups in total. The van der Waals surface area contributed by atoms with Crippen molar-refractivity contribution in [3.8, 4) is 0 Å². The summed E-state index contributed by atoms with van der Waals surface area (Å²) in [6.45, 7) is 13.9. The molecule has 0 bridgehead atoms. The number of carbonyl (C=O) groups excluding carboxylic acids is 1. The topological polar surface area (TPSA) is 63.3 Å². The van der Waals surface area contributed by atoms with Crippen molar-refractivity contribution in [2.75, 3.05) is 48.0 Å². The highest BCUT2D eigenvalue weighted by atomic mass is 19.1. The molecule has 2 atom stereocenters. The van der Waals surface area contributed by atoms with Gasteiger partial charge in [0.05, 0.1) is 30.3 Å². The molecule has 1 aliphatic carbocycles. The molecule has 8 heteroatoms. The van der Waals surface area contributed by atoms with Crippen LogP contribution in [0.2, 0.25) is 0 Å². The first-order valence-corrected chi connectivity index (χ1v) is 13.4. The van der Waals surface area contributed by atoms with Gasteiger partial charge in [0.1, 0.15) is 29.3 Å². The molecule has 0 amide bonds. The molecule has 1 saturated carbocycles. The quantitative estimate of drug-likeness (QED) is 0.579. The van der Waals surface area contributed by atoms with Crippen LogP contribution < -0.4 is 15.1 Å². The fraction of sp³-hybridized carbons (Fsp3) is 0.679. The number of halogens is 1. The number of likely N-dealkylation sites (N-methyl/N-ethyl adjacent to an activating group) is 1. The average Bonchev–Trinajstić information content (AvgIpc) is 3.17. The van der Waals surface area contributed by atoms with Crippen molar-refractivity contribution in [2.45, 2.75) is 78.7 Å². The Morgan fingerprint density at radius 1 is 1.14 bits per heavy atom. The van der Waals surface area contributed by atoms with E-state index in [0.29, 0.717) is 61.5 Å². The van der Waals surface area contributed by atoms with Crippen molar-refractivity contribution in [2.24, 2.45) is 11.3 Å². The second kappa shape index (κ2) is 9.77. The number of anilines is 3. The number of nitrogens with one attached hydrogen (secondary N) is 1. The lowest BCUT2D eigenvalue weighted by atomic mass is 9.72. The highest BCUT2D eigenvalue weighted by Gasteiger charge is 2.47. The maximum absolute atomic E-state index is 15.2. The van der Waals surface area contributed by atoms with Crippen LogP contribution in [-0.2, 0) is 19.0 Å². The molecule has 1 aromatic rings. The van der Waals surface area contributed by atoms with Crippen LogP contribution in [0.3, 0.4) is 0 Å². The summed E-state index contributed by atoms with van der Waals surface area (Å²) < 4.78 is 32.9. The number of nitrogens with zero attached hydrogens (tertiary/aromatic N) is 2. The van der Waals surface area contributed by atoms with Gasteiger partial charge in [0, 0.05) is 25.7 Å². The maximum atomic E-state index is 15.2. The van der Waals surface area contributed by atoms with E-state index in [9.17, 15) is 4.79 Å². The van der Waals surface area contributed by atoms with Gasteiger partial charge in [-0.05, 0) is 56.9 Å². The molecule has 2 unspecified atom stereocenters. The van der Waals surface area contributed by atoms with E-state index in [1.165, 1.54) is 0 Å². The highest BCUT2D eigenvalue weighted by molar-refractivity contribution is 5.93. The van der Waals surface area contributed by atoms with E-state index < -0.39 is 6.04 Å². The molecule has 36 heavy (non-hydrogen) atoms. The van der Waals surface area contributed by atoms with Gasteiger partial charge in [-0.2, -0.15) is 0 Å². The zero-order chi connectivity index (χ0) is 25.6. The van der Waals surface area contributed by atoms with Crippen molar-refractivity contribution >= 4 is 23.0 Å². The minimum atomic E-state index is -0.412. The van der Waals surface area contributed by atoms with Crippen molar-refractivity contribution in [1.82, 2.24) is 0 Å². The van der Waals surface area contributed by atoms with Gasteiger partial charge in [-0.1, -0.05) is 20.8 Å². The molecular weight excluding hydrogens is 461 g/mol. The average molecular weight is 502 g/mol. The third-order valence-corrected chi connectivity index (χ3v) is 8.35. The summed E-state index contributed by atoms with van der Waals surface area (Å²) >= 11 is 0. The van der Waals surface area contributed by atoms with E-state index in [2.05, 4.69) is 31.0 Å². The molecule has 1 saturated heterocycles. The molecular formula is C28H40FN3O4. The molecule has 0 radical (unpaired) electrons. The van der Waals surface area contributed by atoms with E-state index in [1.54, 1.807) is 6.07 Å². The second-order valence-corrected chi connectivity index (χ2v) is 11.6. The Balaban J connectivity index is 1.33. The molecule has 7 nitrogen and oxygen atoms in total. The lowest BCUT2D eigenvalue weighted by Crippen LogP contribution is -2.51. The van der Waals surface area contributed by atoms with Crippen molar-refractivity contribution in [1.29, 1.82) is 0 Å². The number of benzene rings is 1. The number of ether oxygens (including phenoxy) is 3. The number of allylic oxidation sites excluding steroid dienone is 1. The molecule has 0 aromatic heterocycles. The number of carbonyl (C=O) groups is 1. The van der Waals surface area contributed by atoms with Gasteiger partial charge in [-0.15, -0.1) is 0 Å². The lowest BCUT2D eigenvalue weighted by Gasteiger charge is -2.41. The largest absolute Gasteiger partial charge is 0.472 e. The Bertz CT molecular complexity index is 1020. The Morgan fingerprint density at radius 2 is 1.83 bits per heavy atom. The number of esters is 1. The number of morpholine rings is 1. The zero-order valence-corrected chi connectivity index (χ0v) is 22.2. The van der Waals surface area contributed by atoms with Gasteiger partial charge in [-0.3, -0.25) is 0 Å². The van der Waals surface area contributed by atoms with E-state index in [0.717, 1.165) is 31.4 Å². The zero-order valence-electron chi connectivity index (χ0n) is 22.2. The summed E-state index contributed by atoms with van der Waals surface area (Å²) in [7, 11) is 0. The summed E-state index contributed by atoms with van der Waals surface area (Å²) in [5.74, 6) is 0.624. The molecule has 5 rings (SSSR count). The SMILES string of the molecule is CCN1c2cc(N3CCOCC3)c(F)cc2NC2C(C(=O)OC3CCC(C(C)(C)C)CC3)=C(C)OC21. The van der Waals surface area contributed by atoms with Crippen LogP contribution in [0.15, 0.2) is 23.5 Å². The van der Waals surface area contributed by atoms with E-state index in [4.69, 9.17) is 14.2 Å². The number of fused-ring (bicyclic) bond motifs is 2. The Morgan fingerprint density at radius 3 is 2.47 bits per heavy atom. The lowest BCUT2D eigenvalue weighted by molar-refractivity contribution is -0.146. The van der Waals surface area contributed by atoms with Gasteiger partial charge in [0.2, 0.25) is 0 Å². The summed E-state index contributed by atoms with van der Waals surface area (Å²) in [5.41, 5.74) is 2.91. The van der Waals surface area contributed by atoms with Gasteiger partial charge in [0.25, 0.3) is 0 Å². The van der Waals surface area contributed by atoms with Crippen LogP contribution in [0.4, 0.5) is 21.5 Å². The molecule has 4 aliphatic rings.